The summed E-state index contributed by atoms with van der Waals surface area (Å²) in [6.45, 7) is 0. The molecule has 0 fully saturated rings. The molecule has 4 rings (SSSR count). The normalized spacial score (nSPS) is 11.5. The number of benzene rings is 2. The zero-order valence-corrected chi connectivity index (χ0v) is 16.8. The first-order chi connectivity index (χ1) is 11.1. The van der Waals surface area contributed by atoms with E-state index in [0.717, 1.165) is 46.7 Å². The monoisotopic (exact) mass is 496 g/mol. The Labute approximate surface area is 157 Å². The van der Waals surface area contributed by atoms with Crippen molar-refractivity contribution in [2.75, 3.05) is 7.11 Å². The molecule has 0 aliphatic carbocycles. The predicted octanol–water partition coefficient (Wildman–Crippen LogP) is 6.61. The summed E-state index contributed by atoms with van der Waals surface area (Å²) < 4.78 is 8.55. The van der Waals surface area contributed by atoms with Crippen molar-refractivity contribution in [3.63, 3.8) is 0 Å². The van der Waals surface area contributed by atoms with Crippen LogP contribution in [0.3, 0.4) is 0 Å². The highest BCUT2D eigenvalue weighted by Crippen LogP contribution is 2.45. The van der Waals surface area contributed by atoms with Gasteiger partial charge in [-0.15, -0.1) is 0 Å². The van der Waals surface area contributed by atoms with Crippen LogP contribution in [-0.2, 0) is 0 Å². The Hall–Kier alpha value is -1.24. The quantitative estimate of drug-likeness (QED) is 0.320. The summed E-state index contributed by atoms with van der Waals surface area (Å²) >= 11 is 10.9. The molecule has 2 aromatic heterocycles. The van der Waals surface area contributed by atoms with Gasteiger partial charge in [0.15, 0.2) is 0 Å². The fraction of sp³-hybridized carbons (Fsp3) is 0.0588. The van der Waals surface area contributed by atoms with Crippen LogP contribution in [-0.4, -0.2) is 17.1 Å². The molecule has 0 atom stereocenters. The zero-order valence-electron chi connectivity index (χ0n) is 12.0. The van der Waals surface area contributed by atoms with Crippen LogP contribution in [0.4, 0.5) is 0 Å². The van der Waals surface area contributed by atoms with Gasteiger partial charge < -0.3 is 14.7 Å². The van der Waals surface area contributed by atoms with Crippen molar-refractivity contribution in [2.24, 2.45) is 0 Å². The molecule has 0 saturated heterocycles. The van der Waals surface area contributed by atoms with Crippen LogP contribution in [0.1, 0.15) is 0 Å². The second-order valence-electron chi connectivity index (χ2n) is 5.21. The van der Waals surface area contributed by atoms with Crippen molar-refractivity contribution < 1.29 is 4.74 Å². The van der Waals surface area contributed by atoms with Gasteiger partial charge in [-0.2, -0.15) is 0 Å². The molecule has 2 N–H and O–H groups in total. The topological polar surface area (TPSA) is 40.8 Å². The molecule has 23 heavy (non-hydrogen) atoms. The number of hydrogen-bond acceptors (Lipinski definition) is 1. The Morgan fingerprint density at radius 1 is 0.957 bits per heavy atom. The lowest BCUT2D eigenvalue weighted by molar-refractivity contribution is 0.419. The number of aromatic nitrogens is 2. The fourth-order valence-corrected chi connectivity index (χ4v) is 4.43. The number of aromatic amines is 2. The van der Waals surface area contributed by atoms with Gasteiger partial charge in [0.1, 0.15) is 5.75 Å². The third-order valence-corrected chi connectivity index (χ3v) is 5.70. The van der Waals surface area contributed by atoms with Crippen molar-refractivity contribution >= 4 is 69.6 Å². The van der Waals surface area contributed by atoms with Crippen LogP contribution in [0.25, 0.3) is 32.9 Å². The van der Waals surface area contributed by atoms with Gasteiger partial charge in [0.2, 0.25) is 0 Å². The Balaban J connectivity index is 2.14. The highest BCUT2D eigenvalue weighted by Gasteiger charge is 2.19. The maximum Gasteiger partial charge on any atom is 0.144 e. The number of methoxy groups -OCH3 is 1. The van der Waals surface area contributed by atoms with Gasteiger partial charge in [0, 0.05) is 53.2 Å². The van der Waals surface area contributed by atoms with E-state index >= 15 is 0 Å². The zero-order chi connectivity index (χ0) is 16.1. The minimum Gasteiger partial charge on any atom is -0.495 e. The third-order valence-electron chi connectivity index (χ3n) is 3.96. The molecular formula is C17H11Br3N2O. The third kappa shape index (κ3) is 2.35. The molecule has 0 bridgehead atoms. The highest BCUT2D eigenvalue weighted by molar-refractivity contribution is 9.11. The molecule has 0 saturated carbocycles. The summed E-state index contributed by atoms with van der Waals surface area (Å²) in [5.74, 6) is 0.808. The van der Waals surface area contributed by atoms with Gasteiger partial charge in [0.25, 0.3) is 0 Å². The van der Waals surface area contributed by atoms with E-state index in [4.69, 9.17) is 4.74 Å². The van der Waals surface area contributed by atoms with Gasteiger partial charge in [-0.3, -0.25) is 0 Å². The van der Waals surface area contributed by atoms with Crippen molar-refractivity contribution in [1.82, 2.24) is 9.97 Å². The van der Waals surface area contributed by atoms with Gasteiger partial charge in [-0.25, -0.2) is 0 Å². The number of rotatable bonds is 2. The van der Waals surface area contributed by atoms with E-state index in [1.807, 2.05) is 24.5 Å². The van der Waals surface area contributed by atoms with Crippen molar-refractivity contribution in [2.45, 2.75) is 0 Å². The SMILES string of the molecule is COc1cc(Br)c(-c2c[nH]c3ccc(Br)cc23)c2c(Br)c[nH]c12. The first kappa shape index (κ1) is 15.3. The standard InChI is InChI=1S/C17H11Br3N2O/c1-23-14-5-11(19)15(16-12(20)7-22-17(14)16)10-6-21-13-3-2-8(18)4-9(10)13/h2-7,21-22H,1H3. The van der Waals surface area contributed by atoms with E-state index in [1.54, 1.807) is 7.11 Å². The van der Waals surface area contributed by atoms with E-state index in [0.29, 0.717) is 0 Å². The van der Waals surface area contributed by atoms with Gasteiger partial charge >= 0.3 is 0 Å². The molecule has 116 valence electrons. The van der Waals surface area contributed by atoms with Gasteiger partial charge in [-0.1, -0.05) is 15.9 Å². The van der Waals surface area contributed by atoms with E-state index in [2.05, 4.69) is 69.9 Å². The van der Waals surface area contributed by atoms with Crippen LogP contribution < -0.4 is 4.74 Å². The predicted molar refractivity (Wildman–Crippen MR) is 105 cm³/mol. The number of hydrogen-bond donors (Lipinski definition) is 2. The summed E-state index contributed by atoms with van der Waals surface area (Å²) in [4.78, 5) is 6.63. The minimum atomic E-state index is 0.808. The van der Waals surface area contributed by atoms with E-state index < -0.39 is 0 Å². The second-order valence-corrected chi connectivity index (χ2v) is 7.84. The van der Waals surface area contributed by atoms with Gasteiger partial charge in [0.05, 0.1) is 12.6 Å². The second kappa shape index (κ2) is 5.69. The molecule has 0 amide bonds. The number of nitrogens with one attached hydrogen (secondary N) is 2. The summed E-state index contributed by atoms with van der Waals surface area (Å²) in [6.07, 6.45) is 3.98. The van der Waals surface area contributed by atoms with Crippen LogP contribution in [0.15, 0.2) is 50.1 Å². The van der Waals surface area contributed by atoms with Crippen LogP contribution >= 0.6 is 47.8 Å². The maximum absolute atomic E-state index is 5.50. The molecule has 0 aliphatic rings. The molecule has 3 nitrogen and oxygen atoms in total. The van der Waals surface area contributed by atoms with E-state index in [1.165, 1.54) is 5.39 Å². The van der Waals surface area contributed by atoms with Crippen LogP contribution in [0.5, 0.6) is 5.75 Å². The molecule has 0 unspecified atom stereocenters. The Morgan fingerprint density at radius 3 is 2.57 bits per heavy atom. The molecule has 2 aromatic carbocycles. The smallest absolute Gasteiger partial charge is 0.144 e. The maximum atomic E-state index is 5.50. The van der Waals surface area contributed by atoms with E-state index in [9.17, 15) is 0 Å². The lowest BCUT2D eigenvalue weighted by Gasteiger charge is -2.10. The summed E-state index contributed by atoms with van der Waals surface area (Å²) in [5, 5.41) is 2.26. The van der Waals surface area contributed by atoms with Crippen LogP contribution in [0.2, 0.25) is 0 Å². The molecule has 0 aliphatic heterocycles. The van der Waals surface area contributed by atoms with Crippen molar-refractivity contribution in [1.29, 1.82) is 0 Å². The lowest BCUT2D eigenvalue weighted by atomic mass is 10.0. The van der Waals surface area contributed by atoms with E-state index in [-0.39, 0.29) is 0 Å². The van der Waals surface area contributed by atoms with Gasteiger partial charge in [-0.05, 0) is 56.1 Å². The largest absolute Gasteiger partial charge is 0.495 e. The summed E-state index contributed by atoms with van der Waals surface area (Å²) in [6, 6.07) is 8.23. The van der Waals surface area contributed by atoms with Crippen molar-refractivity contribution in [3.8, 4) is 16.9 Å². The Morgan fingerprint density at radius 2 is 1.78 bits per heavy atom. The van der Waals surface area contributed by atoms with Crippen LogP contribution in [0, 0.1) is 0 Å². The highest BCUT2D eigenvalue weighted by atomic mass is 79.9. The number of H-pyrrole nitrogens is 2. The number of ether oxygens (including phenoxy) is 1. The molecule has 2 heterocycles. The number of fused-ring (bicyclic) bond motifs is 2. The molecule has 0 spiro atoms. The minimum absolute atomic E-state index is 0.808. The first-order valence-corrected chi connectivity index (χ1v) is 9.28. The molecule has 4 aromatic rings. The summed E-state index contributed by atoms with van der Waals surface area (Å²) in [7, 11) is 1.68. The number of halogens is 3. The average molecular weight is 499 g/mol. The first-order valence-electron chi connectivity index (χ1n) is 6.90. The average Bonchev–Trinajstić information content (AvgIpc) is 3.11. The Kier molecular flexibility index (Phi) is 3.78. The molecular weight excluding hydrogens is 488 g/mol. The molecule has 0 radical (unpaired) electrons. The Bertz CT molecular complexity index is 1050. The fourth-order valence-electron chi connectivity index (χ4n) is 2.94. The van der Waals surface area contributed by atoms with Crippen molar-refractivity contribution in [3.05, 3.63) is 50.1 Å². The molecule has 6 heteroatoms. The lowest BCUT2D eigenvalue weighted by Crippen LogP contribution is -1.88. The summed E-state index contributed by atoms with van der Waals surface area (Å²) in [5.41, 5.74) is 4.34.